The predicted molar refractivity (Wildman–Crippen MR) is 64.5 cm³/mol. The molecule has 1 atom stereocenters. The lowest BCUT2D eigenvalue weighted by atomic mass is 10.2. The number of hydrogen-bond acceptors (Lipinski definition) is 3. The number of likely N-dealkylation sites (N-methyl/N-ethyl adjacent to an activating group) is 1. The highest BCUT2D eigenvalue weighted by Crippen LogP contribution is 2.11. The van der Waals surface area contributed by atoms with Crippen LogP contribution >= 0.6 is 0 Å². The van der Waals surface area contributed by atoms with E-state index in [1.165, 1.54) is 0 Å². The van der Waals surface area contributed by atoms with Gasteiger partial charge in [-0.05, 0) is 19.3 Å². The van der Waals surface area contributed by atoms with Gasteiger partial charge in [-0.3, -0.25) is 9.59 Å². The van der Waals surface area contributed by atoms with E-state index in [2.05, 4.69) is 12.2 Å². The smallest absolute Gasteiger partial charge is 0.249 e. The highest BCUT2D eigenvalue weighted by Gasteiger charge is 2.23. The molecule has 1 aliphatic heterocycles. The summed E-state index contributed by atoms with van der Waals surface area (Å²) in [6.07, 6.45) is 3.36. The number of carbonyl (C=O) groups excluding carboxylic acids is 2. The number of rotatable bonds is 6. The number of unbranched alkanes of at least 4 members (excludes halogenated alkanes) is 1. The van der Waals surface area contributed by atoms with Crippen LogP contribution in [0.15, 0.2) is 0 Å². The third-order valence-corrected chi connectivity index (χ3v) is 2.91. The van der Waals surface area contributed by atoms with E-state index in [-0.39, 0.29) is 24.5 Å². The summed E-state index contributed by atoms with van der Waals surface area (Å²) in [5.41, 5.74) is 0. The first-order chi connectivity index (χ1) is 8.15. The van der Waals surface area contributed by atoms with Crippen molar-refractivity contribution in [3.8, 4) is 0 Å². The van der Waals surface area contributed by atoms with Crippen molar-refractivity contribution in [3.05, 3.63) is 0 Å². The Balaban J connectivity index is 2.20. The molecule has 0 aromatic carbocycles. The van der Waals surface area contributed by atoms with Crippen LogP contribution in [0.25, 0.3) is 0 Å². The second-order valence-corrected chi connectivity index (χ2v) is 4.39. The number of nitrogens with one attached hydrogen (secondary N) is 1. The summed E-state index contributed by atoms with van der Waals surface area (Å²) < 4.78 is 5.24. The minimum atomic E-state index is -0.358. The van der Waals surface area contributed by atoms with Crippen LogP contribution < -0.4 is 5.32 Å². The van der Waals surface area contributed by atoms with Crippen molar-refractivity contribution in [1.29, 1.82) is 0 Å². The zero-order valence-electron chi connectivity index (χ0n) is 10.7. The average molecular weight is 242 g/mol. The Morgan fingerprint density at radius 1 is 1.47 bits per heavy atom. The molecule has 0 saturated carbocycles. The van der Waals surface area contributed by atoms with E-state index in [1.54, 1.807) is 11.9 Å². The number of ether oxygens (including phenoxy) is 1. The van der Waals surface area contributed by atoms with Gasteiger partial charge in [0.1, 0.15) is 6.10 Å². The highest BCUT2D eigenvalue weighted by molar-refractivity contribution is 5.86. The zero-order valence-corrected chi connectivity index (χ0v) is 10.7. The van der Waals surface area contributed by atoms with Crippen molar-refractivity contribution < 1.29 is 14.3 Å². The van der Waals surface area contributed by atoms with Gasteiger partial charge in [0, 0.05) is 20.2 Å². The molecule has 1 N–H and O–H groups in total. The molecule has 5 nitrogen and oxygen atoms in total. The van der Waals surface area contributed by atoms with Crippen molar-refractivity contribution in [2.45, 2.75) is 38.7 Å². The largest absolute Gasteiger partial charge is 0.368 e. The second kappa shape index (κ2) is 7.27. The molecule has 0 aliphatic carbocycles. The number of amides is 2. The fraction of sp³-hybridized carbons (Fsp3) is 0.833. The molecule has 17 heavy (non-hydrogen) atoms. The summed E-state index contributed by atoms with van der Waals surface area (Å²) in [4.78, 5) is 24.9. The molecular weight excluding hydrogens is 220 g/mol. The summed E-state index contributed by atoms with van der Waals surface area (Å²) in [5.74, 6) is -0.218. The van der Waals surface area contributed by atoms with E-state index in [1.807, 2.05) is 0 Å². The van der Waals surface area contributed by atoms with Gasteiger partial charge in [-0.1, -0.05) is 13.3 Å². The van der Waals surface area contributed by atoms with Crippen molar-refractivity contribution in [2.24, 2.45) is 0 Å². The van der Waals surface area contributed by atoms with Crippen molar-refractivity contribution in [2.75, 3.05) is 26.7 Å². The molecule has 5 heteroatoms. The fourth-order valence-corrected chi connectivity index (χ4v) is 1.72. The van der Waals surface area contributed by atoms with Crippen LogP contribution in [-0.2, 0) is 14.3 Å². The van der Waals surface area contributed by atoms with Gasteiger partial charge in [-0.25, -0.2) is 0 Å². The summed E-state index contributed by atoms with van der Waals surface area (Å²) in [5, 5.41) is 2.63. The molecule has 1 rings (SSSR count). The Bertz CT molecular complexity index is 262. The Morgan fingerprint density at radius 3 is 2.82 bits per heavy atom. The number of nitrogens with zero attached hydrogens (tertiary/aromatic N) is 1. The molecule has 1 fully saturated rings. The van der Waals surface area contributed by atoms with Gasteiger partial charge in [0.05, 0.1) is 6.54 Å². The maximum Gasteiger partial charge on any atom is 0.249 e. The topological polar surface area (TPSA) is 58.6 Å². The Labute approximate surface area is 102 Å². The summed E-state index contributed by atoms with van der Waals surface area (Å²) in [6, 6.07) is 0. The molecular formula is C12H22N2O3. The summed E-state index contributed by atoms with van der Waals surface area (Å²) >= 11 is 0. The molecule has 0 spiro atoms. The van der Waals surface area contributed by atoms with E-state index in [0.717, 1.165) is 32.2 Å². The SMILES string of the molecule is CCCCN(C)C(=O)CNC(=O)C1CCCO1. The van der Waals surface area contributed by atoms with E-state index in [4.69, 9.17) is 4.74 Å². The Morgan fingerprint density at radius 2 is 2.24 bits per heavy atom. The molecule has 0 aromatic rings. The number of hydrogen-bond donors (Lipinski definition) is 1. The van der Waals surface area contributed by atoms with Crippen molar-refractivity contribution in [3.63, 3.8) is 0 Å². The van der Waals surface area contributed by atoms with Gasteiger partial charge in [0.15, 0.2) is 0 Å². The van der Waals surface area contributed by atoms with E-state index in [0.29, 0.717) is 6.61 Å². The van der Waals surface area contributed by atoms with Gasteiger partial charge in [-0.15, -0.1) is 0 Å². The normalized spacial score (nSPS) is 19.1. The quantitative estimate of drug-likeness (QED) is 0.739. The van der Waals surface area contributed by atoms with E-state index < -0.39 is 0 Å². The van der Waals surface area contributed by atoms with E-state index in [9.17, 15) is 9.59 Å². The summed E-state index contributed by atoms with van der Waals surface area (Å²) in [7, 11) is 1.76. The first kappa shape index (κ1) is 14.0. The van der Waals surface area contributed by atoms with Crippen LogP contribution in [0, 0.1) is 0 Å². The molecule has 1 heterocycles. The van der Waals surface area contributed by atoms with Gasteiger partial charge in [-0.2, -0.15) is 0 Å². The lowest BCUT2D eigenvalue weighted by Gasteiger charge is -2.17. The molecule has 1 unspecified atom stereocenters. The lowest BCUT2D eigenvalue weighted by molar-refractivity contribution is -0.135. The predicted octanol–water partition coefficient (Wildman–Crippen LogP) is 0.540. The Hall–Kier alpha value is -1.10. The first-order valence-corrected chi connectivity index (χ1v) is 6.28. The third kappa shape index (κ3) is 4.73. The molecule has 0 radical (unpaired) electrons. The van der Waals surface area contributed by atoms with Gasteiger partial charge >= 0.3 is 0 Å². The van der Waals surface area contributed by atoms with Crippen LogP contribution in [0.1, 0.15) is 32.6 Å². The van der Waals surface area contributed by atoms with E-state index >= 15 is 0 Å². The maximum absolute atomic E-state index is 11.6. The molecule has 98 valence electrons. The van der Waals surface area contributed by atoms with Gasteiger partial charge in [0.2, 0.25) is 11.8 Å². The second-order valence-electron chi connectivity index (χ2n) is 4.39. The van der Waals surface area contributed by atoms with Crippen molar-refractivity contribution in [1.82, 2.24) is 10.2 Å². The zero-order chi connectivity index (χ0) is 12.7. The van der Waals surface area contributed by atoms with Crippen molar-refractivity contribution >= 4 is 11.8 Å². The summed E-state index contributed by atoms with van der Waals surface area (Å²) in [6.45, 7) is 3.53. The van der Waals surface area contributed by atoms with Crippen LogP contribution in [0.4, 0.5) is 0 Å². The fourth-order valence-electron chi connectivity index (χ4n) is 1.72. The van der Waals surface area contributed by atoms with Crippen LogP contribution in [0.2, 0.25) is 0 Å². The Kier molecular flexibility index (Phi) is 5.97. The molecule has 1 saturated heterocycles. The molecule has 2 amide bonds. The lowest BCUT2D eigenvalue weighted by Crippen LogP contribution is -2.42. The molecule has 0 bridgehead atoms. The highest BCUT2D eigenvalue weighted by atomic mass is 16.5. The van der Waals surface area contributed by atoms with Crippen LogP contribution in [0.5, 0.6) is 0 Å². The average Bonchev–Trinajstić information content (AvgIpc) is 2.86. The first-order valence-electron chi connectivity index (χ1n) is 6.28. The minimum absolute atomic E-state index is 0.0511. The number of carbonyl (C=O) groups is 2. The molecule has 1 aliphatic rings. The standard InChI is InChI=1S/C12H22N2O3/c1-3-4-7-14(2)11(15)9-13-12(16)10-6-5-8-17-10/h10H,3-9H2,1-2H3,(H,13,16). The van der Waals surface area contributed by atoms with Crippen LogP contribution in [-0.4, -0.2) is 49.6 Å². The monoisotopic (exact) mass is 242 g/mol. The van der Waals surface area contributed by atoms with Crippen LogP contribution in [0.3, 0.4) is 0 Å². The maximum atomic E-state index is 11.6. The van der Waals surface area contributed by atoms with Gasteiger partial charge in [0.25, 0.3) is 0 Å². The van der Waals surface area contributed by atoms with Gasteiger partial charge < -0.3 is 15.0 Å². The minimum Gasteiger partial charge on any atom is -0.368 e. The molecule has 0 aromatic heterocycles. The third-order valence-electron chi connectivity index (χ3n) is 2.91.